The monoisotopic (exact) mass is 354 g/mol. The van der Waals surface area contributed by atoms with E-state index in [1.807, 2.05) is 42.1 Å². The number of hydrogen-bond acceptors (Lipinski definition) is 3. The zero-order chi connectivity index (χ0) is 18.5. The Bertz CT molecular complexity index is 875. The summed E-state index contributed by atoms with van der Waals surface area (Å²) in [5.74, 6) is 1.05. The number of carbonyl (C=O) groups is 1. The van der Waals surface area contributed by atoms with Gasteiger partial charge in [-0.25, -0.2) is 14.2 Å². The summed E-state index contributed by atoms with van der Waals surface area (Å²) in [7, 11) is 3.46. The lowest BCUT2D eigenvalue weighted by atomic mass is 10.1. The molecule has 6 nitrogen and oxygen atoms in total. The average Bonchev–Trinajstić information content (AvgIpc) is 3.07. The molecule has 0 aliphatic rings. The quantitative estimate of drug-likeness (QED) is 0.737. The van der Waals surface area contributed by atoms with Gasteiger partial charge in [0, 0.05) is 25.1 Å². The number of nitrogens with one attached hydrogen (secondary N) is 2. The van der Waals surface area contributed by atoms with Crippen molar-refractivity contribution in [3.63, 3.8) is 0 Å². The number of anilines is 1. The van der Waals surface area contributed by atoms with Crippen LogP contribution in [-0.2, 0) is 7.05 Å². The maximum absolute atomic E-state index is 13.0. The molecule has 1 atom stereocenters. The first-order chi connectivity index (χ1) is 12.6. The molecule has 2 N–H and O–H groups in total. The smallest absolute Gasteiger partial charge is 0.320 e. The van der Waals surface area contributed by atoms with Crippen LogP contribution in [0, 0.1) is 5.82 Å². The van der Waals surface area contributed by atoms with Crippen LogP contribution < -0.4 is 15.4 Å². The number of rotatable bonds is 5. The highest BCUT2D eigenvalue weighted by Gasteiger charge is 2.21. The Morgan fingerprint density at radius 1 is 1.15 bits per heavy atom. The maximum Gasteiger partial charge on any atom is 0.320 e. The van der Waals surface area contributed by atoms with Gasteiger partial charge in [-0.15, -0.1) is 0 Å². The third-order valence-corrected chi connectivity index (χ3v) is 3.94. The van der Waals surface area contributed by atoms with E-state index in [0.29, 0.717) is 11.5 Å². The number of halogens is 1. The van der Waals surface area contributed by atoms with Crippen LogP contribution in [0.15, 0.2) is 60.9 Å². The number of carbonyl (C=O) groups excluding carboxylic acids is 1. The van der Waals surface area contributed by atoms with Gasteiger partial charge >= 0.3 is 6.03 Å². The van der Waals surface area contributed by atoms with Crippen molar-refractivity contribution >= 4 is 11.7 Å². The standard InChI is InChI=1S/C19H19FN4O2/c1-24-12-11-21-18(24)17(13-3-9-16(26-2)10-4-13)23-19(25)22-15-7-5-14(20)6-8-15/h3-12,17H,1-2H3,(H2,22,23,25)/t17-/m0/s1. The van der Waals surface area contributed by atoms with Crippen molar-refractivity contribution in [3.8, 4) is 5.75 Å². The highest BCUT2D eigenvalue weighted by molar-refractivity contribution is 5.89. The molecular formula is C19H19FN4O2. The number of imidazole rings is 1. The van der Waals surface area contributed by atoms with E-state index >= 15 is 0 Å². The Kier molecular flexibility index (Phi) is 5.17. The zero-order valence-corrected chi connectivity index (χ0v) is 14.4. The summed E-state index contributed by atoms with van der Waals surface area (Å²) in [6.45, 7) is 0. The summed E-state index contributed by atoms with van der Waals surface area (Å²) in [5.41, 5.74) is 1.35. The first-order valence-corrected chi connectivity index (χ1v) is 8.01. The molecule has 0 saturated carbocycles. The van der Waals surface area contributed by atoms with Crippen LogP contribution in [0.5, 0.6) is 5.75 Å². The Balaban J connectivity index is 1.82. The van der Waals surface area contributed by atoms with Crippen molar-refractivity contribution < 1.29 is 13.9 Å². The van der Waals surface area contributed by atoms with Crippen molar-refractivity contribution in [2.45, 2.75) is 6.04 Å². The number of ether oxygens (including phenoxy) is 1. The molecule has 0 unspecified atom stereocenters. The lowest BCUT2D eigenvalue weighted by Gasteiger charge is -2.20. The largest absolute Gasteiger partial charge is 0.497 e. The molecule has 3 aromatic rings. The highest BCUT2D eigenvalue weighted by atomic mass is 19.1. The van der Waals surface area contributed by atoms with Crippen LogP contribution in [0.25, 0.3) is 0 Å². The number of benzene rings is 2. The van der Waals surface area contributed by atoms with E-state index in [1.54, 1.807) is 13.3 Å². The molecule has 0 fully saturated rings. The molecule has 3 rings (SSSR count). The SMILES string of the molecule is COc1ccc([C@H](NC(=O)Nc2ccc(F)cc2)c2nccn2C)cc1. The topological polar surface area (TPSA) is 68.2 Å². The van der Waals surface area contributed by atoms with Gasteiger partial charge in [-0.2, -0.15) is 0 Å². The van der Waals surface area contributed by atoms with Crippen molar-refractivity contribution in [2.75, 3.05) is 12.4 Å². The predicted octanol–water partition coefficient (Wildman–Crippen LogP) is 3.48. The van der Waals surface area contributed by atoms with Crippen molar-refractivity contribution in [1.82, 2.24) is 14.9 Å². The number of urea groups is 1. The maximum atomic E-state index is 13.0. The number of amides is 2. The Labute approximate surface area is 150 Å². The Hall–Kier alpha value is -3.35. The average molecular weight is 354 g/mol. The lowest BCUT2D eigenvalue weighted by Crippen LogP contribution is -2.34. The minimum atomic E-state index is -0.457. The number of nitrogens with zero attached hydrogens (tertiary/aromatic N) is 2. The molecule has 0 aliphatic heterocycles. The molecule has 134 valence electrons. The summed E-state index contributed by atoms with van der Waals surface area (Å²) in [5, 5.41) is 5.60. The fourth-order valence-corrected chi connectivity index (χ4v) is 2.58. The van der Waals surface area contributed by atoms with E-state index in [4.69, 9.17) is 4.74 Å². The molecule has 2 amide bonds. The molecule has 0 spiro atoms. The fraction of sp³-hybridized carbons (Fsp3) is 0.158. The van der Waals surface area contributed by atoms with Crippen LogP contribution in [0.4, 0.5) is 14.9 Å². The summed E-state index contributed by atoms with van der Waals surface area (Å²) in [4.78, 5) is 16.8. The minimum Gasteiger partial charge on any atom is -0.497 e. The van der Waals surface area contributed by atoms with Crippen LogP contribution in [-0.4, -0.2) is 22.7 Å². The Morgan fingerprint density at radius 3 is 2.42 bits per heavy atom. The second kappa shape index (κ2) is 7.69. The van der Waals surface area contributed by atoms with Crippen LogP contribution in [0.3, 0.4) is 0 Å². The van der Waals surface area contributed by atoms with Gasteiger partial charge in [0.2, 0.25) is 0 Å². The summed E-state index contributed by atoms with van der Waals surface area (Å²) in [6, 6.07) is 12.1. The predicted molar refractivity (Wildman–Crippen MR) is 96.6 cm³/mol. The zero-order valence-electron chi connectivity index (χ0n) is 14.4. The van der Waals surface area contributed by atoms with Gasteiger partial charge in [-0.3, -0.25) is 0 Å². The lowest BCUT2D eigenvalue weighted by molar-refractivity contribution is 0.249. The van der Waals surface area contributed by atoms with Gasteiger partial charge in [0.25, 0.3) is 0 Å². The molecule has 0 radical (unpaired) electrons. The molecular weight excluding hydrogens is 335 g/mol. The first kappa shape index (κ1) is 17.5. The fourth-order valence-electron chi connectivity index (χ4n) is 2.58. The molecule has 0 bridgehead atoms. The van der Waals surface area contributed by atoms with Gasteiger partial charge in [0.05, 0.1) is 7.11 Å². The van der Waals surface area contributed by atoms with E-state index in [0.717, 1.165) is 11.3 Å². The van der Waals surface area contributed by atoms with Crippen LogP contribution in [0.1, 0.15) is 17.4 Å². The summed E-state index contributed by atoms with van der Waals surface area (Å²) < 4.78 is 20.0. The first-order valence-electron chi connectivity index (χ1n) is 8.01. The molecule has 7 heteroatoms. The van der Waals surface area contributed by atoms with Crippen molar-refractivity contribution in [3.05, 3.63) is 78.1 Å². The van der Waals surface area contributed by atoms with Gasteiger partial charge < -0.3 is 19.9 Å². The van der Waals surface area contributed by atoms with E-state index in [9.17, 15) is 9.18 Å². The van der Waals surface area contributed by atoms with Gasteiger partial charge in [0.15, 0.2) is 0 Å². The molecule has 1 aromatic heterocycles. The van der Waals surface area contributed by atoms with Gasteiger partial charge in [-0.05, 0) is 42.0 Å². The second-order valence-corrected chi connectivity index (χ2v) is 5.71. The van der Waals surface area contributed by atoms with Crippen LogP contribution in [0.2, 0.25) is 0 Å². The number of aromatic nitrogens is 2. The van der Waals surface area contributed by atoms with Crippen molar-refractivity contribution in [1.29, 1.82) is 0 Å². The molecule has 0 aliphatic carbocycles. The van der Waals surface area contributed by atoms with Crippen molar-refractivity contribution in [2.24, 2.45) is 7.05 Å². The minimum absolute atomic E-state index is 0.361. The van der Waals surface area contributed by atoms with E-state index in [-0.39, 0.29) is 5.82 Å². The number of hydrogen-bond donors (Lipinski definition) is 2. The van der Waals surface area contributed by atoms with Gasteiger partial charge in [0.1, 0.15) is 23.4 Å². The summed E-state index contributed by atoms with van der Waals surface area (Å²) in [6.07, 6.45) is 3.48. The number of methoxy groups -OCH3 is 1. The highest BCUT2D eigenvalue weighted by Crippen LogP contribution is 2.23. The van der Waals surface area contributed by atoms with E-state index in [1.165, 1.54) is 24.3 Å². The molecule has 2 aromatic carbocycles. The molecule has 26 heavy (non-hydrogen) atoms. The molecule has 1 heterocycles. The van der Waals surface area contributed by atoms with E-state index < -0.39 is 12.1 Å². The molecule has 0 saturated heterocycles. The third kappa shape index (κ3) is 4.00. The number of aryl methyl sites for hydroxylation is 1. The van der Waals surface area contributed by atoms with E-state index in [2.05, 4.69) is 15.6 Å². The third-order valence-electron chi connectivity index (χ3n) is 3.94. The van der Waals surface area contributed by atoms with Gasteiger partial charge in [-0.1, -0.05) is 12.1 Å². The Morgan fingerprint density at radius 2 is 1.85 bits per heavy atom. The second-order valence-electron chi connectivity index (χ2n) is 5.71. The summed E-state index contributed by atoms with van der Waals surface area (Å²) >= 11 is 0. The normalized spacial score (nSPS) is 11.7. The van der Waals surface area contributed by atoms with Crippen LogP contribution >= 0.6 is 0 Å².